The Morgan fingerprint density at radius 1 is 1.24 bits per heavy atom. The summed E-state index contributed by atoms with van der Waals surface area (Å²) in [5, 5.41) is 8.44. The van der Waals surface area contributed by atoms with Gasteiger partial charge in [0, 0.05) is 12.1 Å². The first-order valence-electron chi connectivity index (χ1n) is 7.47. The van der Waals surface area contributed by atoms with Gasteiger partial charge in [-0.3, -0.25) is 4.79 Å². The van der Waals surface area contributed by atoms with E-state index in [4.69, 9.17) is 37.8 Å². The predicted octanol–water partition coefficient (Wildman–Crippen LogP) is 2.85. The van der Waals surface area contributed by atoms with Crippen LogP contribution in [0.15, 0.2) is 39.6 Å². The summed E-state index contributed by atoms with van der Waals surface area (Å²) in [5.41, 5.74) is -4.50. The van der Waals surface area contributed by atoms with Crippen molar-refractivity contribution in [1.82, 2.24) is 9.55 Å². The third kappa shape index (κ3) is 5.33. The van der Waals surface area contributed by atoms with E-state index in [2.05, 4.69) is 0 Å². The number of alkyl halides is 3. The lowest BCUT2D eigenvalue weighted by Gasteiger charge is -2.14. The van der Waals surface area contributed by atoms with E-state index in [1.165, 1.54) is 7.11 Å². The average molecular weight is 455 g/mol. The highest BCUT2D eigenvalue weighted by Crippen LogP contribution is 2.33. The molecule has 0 saturated carbocycles. The van der Waals surface area contributed by atoms with E-state index < -0.39 is 29.1 Å². The second-order valence-electron chi connectivity index (χ2n) is 5.34. The number of H-pyrrole nitrogens is 1. The summed E-state index contributed by atoms with van der Waals surface area (Å²) in [6, 6.07) is 2.35. The number of methoxy groups -OCH3 is 1. The summed E-state index contributed by atoms with van der Waals surface area (Å²) in [6.45, 7) is -0.387. The van der Waals surface area contributed by atoms with Gasteiger partial charge < -0.3 is 19.6 Å². The number of hydrogen-bond donors (Lipinski definition) is 2. The second-order valence-corrected chi connectivity index (χ2v) is 6.15. The number of hydrogen-bond acceptors (Lipinski definition) is 5. The molecule has 13 heteroatoms. The van der Waals surface area contributed by atoms with Crippen LogP contribution in [-0.4, -0.2) is 34.3 Å². The van der Waals surface area contributed by atoms with Gasteiger partial charge in [-0.15, -0.1) is 0 Å². The topological polar surface area (TPSA) is 111 Å². The van der Waals surface area contributed by atoms with Gasteiger partial charge in [0.2, 0.25) is 0 Å². The van der Waals surface area contributed by atoms with Gasteiger partial charge in [-0.2, -0.15) is 13.2 Å². The van der Waals surface area contributed by atoms with Gasteiger partial charge in [0.05, 0.1) is 28.9 Å². The number of halogens is 5. The molecular formula is C16H11Cl2F3N2O6. The van der Waals surface area contributed by atoms with Crippen molar-refractivity contribution in [3.05, 3.63) is 66.6 Å². The zero-order valence-corrected chi connectivity index (χ0v) is 15.9. The zero-order valence-electron chi connectivity index (χ0n) is 14.3. The number of aromatic nitrogens is 2. The van der Waals surface area contributed by atoms with Crippen LogP contribution in [0.1, 0.15) is 5.69 Å². The summed E-state index contributed by atoms with van der Waals surface area (Å²) < 4.78 is 48.7. The van der Waals surface area contributed by atoms with Crippen LogP contribution in [0.5, 0.6) is 5.75 Å². The Morgan fingerprint density at radius 3 is 2.41 bits per heavy atom. The Kier molecular flexibility index (Phi) is 6.65. The van der Waals surface area contributed by atoms with E-state index in [0.29, 0.717) is 4.57 Å². The fraction of sp³-hybridized carbons (Fsp3) is 0.188. The molecule has 0 aliphatic carbocycles. The number of nitrogens with one attached hydrogen (secondary N) is 1. The lowest BCUT2D eigenvalue weighted by atomic mass is 10.2. The molecule has 29 heavy (non-hydrogen) atoms. The highest BCUT2D eigenvalue weighted by molar-refractivity contribution is 6.36. The number of aliphatic carboxylic acids is 1. The maximum absolute atomic E-state index is 12.7. The first-order valence-corrected chi connectivity index (χ1v) is 8.23. The van der Waals surface area contributed by atoms with E-state index in [0.717, 1.165) is 18.2 Å². The Balaban J connectivity index is 2.51. The summed E-state index contributed by atoms with van der Waals surface area (Å²) in [6.07, 6.45) is -4.20. The highest BCUT2D eigenvalue weighted by Gasteiger charge is 2.33. The number of aromatic amines is 1. The molecule has 1 heterocycles. The van der Waals surface area contributed by atoms with Crippen molar-refractivity contribution < 1.29 is 32.5 Å². The number of carboxylic acids is 1. The van der Waals surface area contributed by atoms with Crippen LogP contribution in [0.4, 0.5) is 13.2 Å². The number of ether oxygens (including phenoxy) is 2. The minimum Gasteiger partial charge on any atom is -0.497 e. The Bertz CT molecular complexity index is 1060. The second kappa shape index (κ2) is 8.62. The molecule has 0 radical (unpaired) electrons. The minimum absolute atomic E-state index is 0.0686. The van der Waals surface area contributed by atoms with Crippen LogP contribution in [0.2, 0.25) is 10.0 Å². The van der Waals surface area contributed by atoms with E-state index in [1.807, 2.05) is 0 Å². The van der Waals surface area contributed by atoms with Crippen LogP contribution < -0.4 is 16.0 Å². The molecule has 2 aromatic rings. The number of nitrogens with zero attached hydrogens (tertiary/aromatic N) is 1. The molecule has 8 nitrogen and oxygen atoms in total. The van der Waals surface area contributed by atoms with Gasteiger partial charge in [0.25, 0.3) is 5.56 Å². The van der Waals surface area contributed by atoms with Gasteiger partial charge >= 0.3 is 17.8 Å². The van der Waals surface area contributed by atoms with Crippen molar-refractivity contribution >= 4 is 29.2 Å². The molecule has 1 aromatic carbocycles. The highest BCUT2D eigenvalue weighted by atomic mass is 35.5. The van der Waals surface area contributed by atoms with Crippen LogP contribution in [-0.2, 0) is 15.7 Å². The van der Waals surface area contributed by atoms with E-state index >= 15 is 0 Å². The largest absolute Gasteiger partial charge is 0.497 e. The van der Waals surface area contributed by atoms with Crippen molar-refractivity contribution in [2.24, 2.45) is 0 Å². The lowest BCUT2D eigenvalue weighted by molar-refractivity contribution is -0.141. The van der Waals surface area contributed by atoms with Gasteiger partial charge in [-0.1, -0.05) is 23.2 Å². The van der Waals surface area contributed by atoms with Crippen molar-refractivity contribution in [1.29, 1.82) is 0 Å². The summed E-state index contributed by atoms with van der Waals surface area (Å²) in [7, 11) is 1.20. The molecule has 2 rings (SSSR count). The normalized spacial score (nSPS) is 12.0. The van der Waals surface area contributed by atoms with Crippen molar-refractivity contribution in [3.63, 3.8) is 0 Å². The number of carboxylic acid groups (broad SMARTS) is 1. The number of carbonyl (C=O) groups is 1. The zero-order chi connectivity index (χ0) is 21.9. The molecule has 0 spiro atoms. The summed E-state index contributed by atoms with van der Waals surface area (Å²) in [4.78, 5) is 36.4. The van der Waals surface area contributed by atoms with E-state index in [9.17, 15) is 27.6 Å². The van der Waals surface area contributed by atoms with Crippen LogP contribution >= 0.6 is 23.2 Å². The average Bonchev–Trinajstić information content (AvgIpc) is 2.59. The molecule has 0 aliphatic rings. The third-order valence-corrected chi connectivity index (χ3v) is 4.00. The van der Waals surface area contributed by atoms with Gasteiger partial charge in [0.15, 0.2) is 0 Å². The molecular weight excluding hydrogens is 444 g/mol. The van der Waals surface area contributed by atoms with E-state index in [1.54, 1.807) is 4.98 Å². The van der Waals surface area contributed by atoms with Crippen molar-refractivity contribution in [3.8, 4) is 11.4 Å². The maximum atomic E-state index is 12.7. The minimum atomic E-state index is -4.93. The lowest BCUT2D eigenvalue weighted by Crippen LogP contribution is -2.36. The van der Waals surface area contributed by atoms with Gasteiger partial charge in [-0.25, -0.2) is 14.2 Å². The quantitative estimate of drug-likeness (QED) is 0.512. The SMILES string of the molecule is CO/C(=C/C(=O)O)COc1cc(-n2c(=O)cc(C(F)(F)F)[nH]c2=O)c(Cl)cc1Cl. The number of rotatable bonds is 6. The molecule has 0 saturated heterocycles. The number of benzene rings is 1. The molecule has 0 atom stereocenters. The predicted molar refractivity (Wildman–Crippen MR) is 95.9 cm³/mol. The first kappa shape index (κ1) is 22.4. The van der Waals surface area contributed by atoms with Crippen LogP contribution in [0, 0.1) is 0 Å². The fourth-order valence-electron chi connectivity index (χ4n) is 2.12. The smallest absolute Gasteiger partial charge is 0.431 e. The fourth-order valence-corrected chi connectivity index (χ4v) is 2.64. The third-order valence-electron chi connectivity index (χ3n) is 3.40. The molecule has 0 aliphatic heterocycles. The monoisotopic (exact) mass is 454 g/mol. The van der Waals surface area contributed by atoms with Crippen LogP contribution in [0.3, 0.4) is 0 Å². The van der Waals surface area contributed by atoms with Crippen molar-refractivity contribution in [2.75, 3.05) is 13.7 Å². The van der Waals surface area contributed by atoms with Gasteiger partial charge in [-0.05, 0) is 6.07 Å². The summed E-state index contributed by atoms with van der Waals surface area (Å²) >= 11 is 12.0. The molecule has 0 bridgehead atoms. The van der Waals surface area contributed by atoms with Gasteiger partial charge in [0.1, 0.15) is 23.8 Å². The Morgan fingerprint density at radius 2 is 1.90 bits per heavy atom. The molecule has 1 aromatic heterocycles. The Hall–Kier alpha value is -2.92. The molecule has 0 fully saturated rings. The maximum Gasteiger partial charge on any atom is 0.431 e. The standard InChI is InChI=1S/C16H11Cl2F3N2O6/c1-28-7(2-14(25)26)6-29-11-4-10(8(17)3-9(11)18)23-13(24)5-12(16(19,20)21)22-15(23)27/h2-5H,6H2,1H3,(H,22,27)(H,25,26)/b7-2+. The molecule has 2 N–H and O–H groups in total. The first-order chi connectivity index (χ1) is 13.4. The molecule has 0 unspecified atom stereocenters. The van der Waals surface area contributed by atoms with Crippen LogP contribution in [0.25, 0.3) is 5.69 Å². The molecule has 156 valence electrons. The summed E-state index contributed by atoms with van der Waals surface area (Å²) in [5.74, 6) is -1.52. The van der Waals surface area contributed by atoms with Crippen molar-refractivity contribution in [2.45, 2.75) is 6.18 Å². The molecule has 0 amide bonds. The van der Waals surface area contributed by atoms with E-state index in [-0.39, 0.29) is 39.9 Å². The Labute approximate surface area is 169 Å².